The minimum absolute atomic E-state index is 0.00543. The summed E-state index contributed by atoms with van der Waals surface area (Å²) in [7, 11) is 0. The number of aliphatic hydroxyl groups is 1. The average molecular weight is 1640 g/mol. The molecule has 0 bridgehead atoms. The van der Waals surface area contributed by atoms with Gasteiger partial charge in [0, 0.05) is 79.8 Å². The molecule has 113 heavy (non-hydrogen) atoms. The van der Waals surface area contributed by atoms with Crippen LogP contribution in [0, 0.1) is 11.3 Å². The number of carboxylic acid groups (broad SMARTS) is 3. The van der Waals surface area contributed by atoms with Gasteiger partial charge in [0.05, 0.1) is 38.7 Å². The summed E-state index contributed by atoms with van der Waals surface area (Å²) in [5, 5.41) is 62.1. The third-order valence-corrected chi connectivity index (χ3v) is 23.3. The summed E-state index contributed by atoms with van der Waals surface area (Å²) in [6.07, 6.45) is 11.5. The van der Waals surface area contributed by atoms with Crippen LogP contribution in [0.4, 0.5) is 0 Å². The van der Waals surface area contributed by atoms with Crippen LogP contribution in [-0.4, -0.2) is 271 Å². The van der Waals surface area contributed by atoms with Crippen LogP contribution in [-0.2, 0) is 86.2 Å². The molecular weight excluding hydrogens is 1510 g/mol. The Balaban J connectivity index is 1.52. The monoisotopic (exact) mass is 1630 g/mol. The molecule has 12 atom stereocenters. The van der Waals surface area contributed by atoms with Crippen LogP contribution >= 0.6 is 23.5 Å². The van der Waals surface area contributed by atoms with Gasteiger partial charge in [0.1, 0.15) is 60.4 Å². The number of aliphatic hydroxyl groups excluding tert-OH is 1. The molecular formula is C75H122N14O22S2. The van der Waals surface area contributed by atoms with Crippen LogP contribution < -0.4 is 59.3 Å². The number of carbonyl (C=O) groups excluding carboxylic acids is 14. The summed E-state index contributed by atoms with van der Waals surface area (Å²) >= 11 is 2.19. The minimum Gasteiger partial charge on any atom is -0.481 e. The summed E-state index contributed by atoms with van der Waals surface area (Å²) in [4.78, 5) is 238. The molecule has 5 fully saturated rings. The van der Waals surface area contributed by atoms with Crippen molar-refractivity contribution in [2.45, 2.75) is 293 Å². The van der Waals surface area contributed by atoms with Gasteiger partial charge in [-0.3, -0.25) is 81.5 Å². The standard InChI is InChI=1S/C75H122N14O22S2/c1-5-6-7-8-9-10-11-12-13-14-15-16-17-18-19-24-59(92)79-47-35-57-71(107)82-50(25-28-58(76)91)67(103)86-54(69(105)84-52(36-64(99)100)73(109)87-31-20-22-55(87)70(106)81-48(65(77)101)26-29-62(95)96)40-113-44-75(41-111-42-75)43-112-39-53(85-66(102)49(27-30-63(97)98)80-61(94)37-78-60(93)34-46(4)90)68(104)83-51(33-45(2)3)72(108)88-32-21-23-56(88)74(110)89(57)38-47/h45-57,90H,5-44H2,1-4H3,(H2,76,91)(H2,77,101)(H,78,93)(H,79,92)(H,80,94)(H,81,106)(H,82,107)(H,83,104)(H,84,105)(H,85,102)(H,86,103)(H,95,96)(H,97,98)(H,99,100)/t46-,47+,48+,49+,50+,51+,52+,53+,54+,55+,56-,57+/m1/s1. The predicted octanol–water partition coefficient (Wildman–Crippen LogP) is 0.0941. The Bertz CT molecular complexity index is 3280. The maximum Gasteiger partial charge on any atom is 0.305 e. The first kappa shape index (κ1) is 95.2. The van der Waals surface area contributed by atoms with E-state index in [1.54, 1.807) is 13.8 Å². The molecule has 38 heteroatoms. The molecule has 0 aromatic rings. The number of nitrogens with two attached hydrogens (primary N) is 2. The number of nitrogens with zero attached hydrogens (tertiary/aromatic N) is 3. The number of rotatable bonds is 43. The largest absolute Gasteiger partial charge is 0.481 e. The molecule has 5 aliphatic rings. The van der Waals surface area contributed by atoms with Crippen molar-refractivity contribution < 1.29 is 107 Å². The fourth-order valence-electron chi connectivity index (χ4n) is 14.4. The minimum atomic E-state index is -1.94. The van der Waals surface area contributed by atoms with Gasteiger partial charge >= 0.3 is 17.9 Å². The van der Waals surface area contributed by atoms with E-state index in [1.807, 2.05) is 0 Å². The Hall–Kier alpha value is -8.39. The summed E-state index contributed by atoms with van der Waals surface area (Å²) in [5.41, 5.74) is 10.3. The highest BCUT2D eigenvalue weighted by atomic mass is 32.2. The fourth-order valence-corrected chi connectivity index (χ4v) is 17.1. The molecule has 636 valence electrons. The van der Waals surface area contributed by atoms with E-state index in [0.717, 1.165) is 60.5 Å². The van der Waals surface area contributed by atoms with Crippen LogP contribution in [0.3, 0.4) is 0 Å². The third kappa shape index (κ3) is 33.5. The van der Waals surface area contributed by atoms with E-state index in [-0.39, 0.29) is 119 Å². The zero-order chi connectivity index (χ0) is 83.3. The van der Waals surface area contributed by atoms with Crippen molar-refractivity contribution in [1.82, 2.24) is 62.6 Å². The Morgan fingerprint density at radius 3 is 1.73 bits per heavy atom. The van der Waals surface area contributed by atoms with Gasteiger partial charge < -0.3 is 99.2 Å². The first-order chi connectivity index (χ1) is 53.7. The number of aliphatic carboxylic acids is 3. The van der Waals surface area contributed by atoms with Gasteiger partial charge in [-0.15, -0.1) is 0 Å². The first-order valence-corrected chi connectivity index (χ1v) is 42.3. The average Bonchev–Trinajstić information content (AvgIpc) is 1.67. The van der Waals surface area contributed by atoms with E-state index < -0.39 is 224 Å². The maximum atomic E-state index is 15.5. The molecule has 0 unspecified atom stereocenters. The smallest absolute Gasteiger partial charge is 0.305 e. The lowest BCUT2D eigenvalue weighted by atomic mass is 9.91. The van der Waals surface area contributed by atoms with Crippen LogP contribution in [0.5, 0.6) is 0 Å². The normalized spacial score (nSPS) is 22.8. The number of amides is 14. The van der Waals surface area contributed by atoms with Crippen molar-refractivity contribution >= 4 is 124 Å². The van der Waals surface area contributed by atoms with E-state index in [1.165, 1.54) is 74.5 Å². The van der Waals surface area contributed by atoms with E-state index in [2.05, 4.69) is 54.8 Å². The van der Waals surface area contributed by atoms with Gasteiger partial charge in [-0.1, -0.05) is 111 Å². The molecule has 0 aromatic carbocycles. The number of unbranched alkanes of at least 4 members (excludes halogenated alkanes) is 14. The number of thioether (sulfide) groups is 2. The summed E-state index contributed by atoms with van der Waals surface area (Å²) < 4.78 is 5.72. The number of hydrogen-bond acceptors (Lipinski definition) is 21. The van der Waals surface area contributed by atoms with Crippen molar-refractivity contribution in [3.63, 3.8) is 0 Å². The lowest BCUT2D eigenvalue weighted by Crippen LogP contribution is -2.61. The van der Waals surface area contributed by atoms with Gasteiger partial charge in [0.25, 0.3) is 0 Å². The molecule has 0 aromatic heterocycles. The van der Waals surface area contributed by atoms with Gasteiger partial charge in [-0.2, -0.15) is 23.5 Å². The van der Waals surface area contributed by atoms with Crippen LogP contribution in [0.1, 0.15) is 220 Å². The second-order valence-corrected chi connectivity index (χ2v) is 33.0. The SMILES string of the molecule is CCCCCCCCCCCCCCCCCC(=O)N[C@H]1C[C@H]2C(=O)N[C@@H](CCC(N)=O)C(=O)N[C@H](C(=O)N[C@@H](CC(=O)O)C(=O)N3CCC[C@H]3C(=O)N[C@@H](CCC(=O)O)C(N)=O)CSCC3(COC3)CSC[C@H](NC(=O)[C@H](CCC(=O)O)NC(=O)CNC(=O)C[C@@H](C)O)C(=O)N[C@@H](CC(C)C)C(=O)N3CCC[C@@H]3C(=O)N2C1. The Morgan fingerprint density at radius 2 is 1.17 bits per heavy atom. The number of likely N-dealkylation sites (tertiary alicyclic amines) is 1. The number of nitrogens with one attached hydrogen (secondary N) is 9. The second kappa shape index (κ2) is 49.4. The Kier molecular flexibility index (Phi) is 41.6. The molecule has 0 saturated carbocycles. The molecule has 36 nitrogen and oxygen atoms in total. The molecule has 0 aliphatic carbocycles. The number of ether oxygens (including phenoxy) is 1. The number of carboxylic acids is 3. The predicted molar refractivity (Wildman–Crippen MR) is 415 cm³/mol. The van der Waals surface area contributed by atoms with Crippen LogP contribution in [0.25, 0.3) is 0 Å². The third-order valence-electron chi connectivity index (χ3n) is 20.5. The molecule has 5 heterocycles. The molecule has 1 spiro atoms. The highest BCUT2D eigenvalue weighted by Gasteiger charge is 2.49. The fraction of sp³-hybridized carbons (Fsp3) is 0.773. The zero-order valence-electron chi connectivity index (χ0n) is 65.7. The molecule has 14 amide bonds. The number of primary amides is 2. The van der Waals surface area contributed by atoms with Gasteiger partial charge in [-0.05, 0) is 77.0 Å². The summed E-state index contributed by atoms with van der Waals surface area (Å²) in [6.45, 7) is 6.16. The number of hydrogen-bond donors (Lipinski definition) is 15. The highest BCUT2D eigenvalue weighted by Crippen LogP contribution is 2.36. The Labute approximate surface area is 668 Å². The van der Waals surface area contributed by atoms with Gasteiger partial charge in [-0.25, -0.2) is 0 Å². The first-order valence-electron chi connectivity index (χ1n) is 39.9. The van der Waals surface area contributed by atoms with Crippen molar-refractivity contribution in [2.24, 2.45) is 22.8 Å². The quantitative estimate of drug-likeness (QED) is 0.0360. The topological polar surface area (TPSA) is 550 Å². The lowest BCUT2D eigenvalue weighted by molar-refractivity contribution is -0.148. The van der Waals surface area contributed by atoms with Crippen molar-refractivity contribution in [3.05, 3.63) is 0 Å². The molecule has 17 N–H and O–H groups in total. The number of fused-ring (bicyclic) bond motifs is 2. The molecule has 5 rings (SSSR count). The lowest BCUT2D eigenvalue weighted by Gasteiger charge is -2.41. The number of carbonyl (C=O) groups is 17. The zero-order valence-corrected chi connectivity index (χ0v) is 67.4. The summed E-state index contributed by atoms with van der Waals surface area (Å²) in [5.74, 6) is -17.5. The molecule has 5 saturated heterocycles. The second-order valence-electron chi connectivity index (χ2n) is 30.9. The van der Waals surface area contributed by atoms with Crippen LogP contribution in [0.15, 0.2) is 0 Å². The Morgan fingerprint density at radius 1 is 0.584 bits per heavy atom. The molecule has 5 aliphatic heterocycles. The van der Waals surface area contributed by atoms with Crippen molar-refractivity contribution in [2.75, 3.05) is 62.4 Å². The highest BCUT2D eigenvalue weighted by molar-refractivity contribution is 8.00. The van der Waals surface area contributed by atoms with E-state index in [4.69, 9.17) is 16.2 Å². The maximum absolute atomic E-state index is 15.5. The van der Waals surface area contributed by atoms with Crippen molar-refractivity contribution in [3.8, 4) is 0 Å². The van der Waals surface area contributed by atoms with E-state index in [0.29, 0.717) is 6.42 Å². The van der Waals surface area contributed by atoms with E-state index in [9.17, 15) is 78.0 Å². The van der Waals surface area contributed by atoms with E-state index >= 15 is 24.0 Å². The van der Waals surface area contributed by atoms with Crippen LogP contribution in [0.2, 0.25) is 0 Å². The van der Waals surface area contributed by atoms with Crippen molar-refractivity contribution in [1.29, 1.82) is 0 Å². The van der Waals surface area contributed by atoms with Gasteiger partial charge in [0.15, 0.2) is 0 Å². The summed E-state index contributed by atoms with van der Waals surface area (Å²) in [6, 6.07) is -16.4. The van der Waals surface area contributed by atoms with Gasteiger partial charge in [0.2, 0.25) is 82.7 Å². The molecule has 0 radical (unpaired) electrons.